The zero-order chi connectivity index (χ0) is 32.0. The van der Waals surface area contributed by atoms with Crippen LogP contribution in [0.4, 0.5) is 0 Å². The number of aromatic hydroxyl groups is 3. The van der Waals surface area contributed by atoms with Crippen LogP contribution in [0.1, 0.15) is 50.8 Å². The highest BCUT2D eigenvalue weighted by molar-refractivity contribution is 14.1. The van der Waals surface area contributed by atoms with Crippen molar-refractivity contribution in [3.8, 4) is 17.2 Å². The largest absolute Gasteiger partial charge is 0.507 e. The molecule has 0 aromatic heterocycles. The van der Waals surface area contributed by atoms with Crippen molar-refractivity contribution in [2.75, 3.05) is 0 Å². The average Bonchev–Trinajstić information content (AvgIpc) is 2.97. The van der Waals surface area contributed by atoms with E-state index in [0.29, 0.717) is 11.5 Å². The van der Waals surface area contributed by atoms with Gasteiger partial charge in [0, 0.05) is 15.4 Å². The van der Waals surface area contributed by atoms with Crippen molar-refractivity contribution in [2.24, 2.45) is 0 Å². The maximum Gasteiger partial charge on any atom is 0.142 e. The van der Waals surface area contributed by atoms with Crippen molar-refractivity contribution >= 4 is 136 Å². The number of rotatable bonds is 6. The summed E-state index contributed by atoms with van der Waals surface area (Å²) < 4.78 is 4.02. The number of allylic oxidation sites excluding steroid dienone is 2. The predicted octanol–water partition coefficient (Wildman–Crippen LogP) is 10.6. The molecule has 0 saturated heterocycles. The second-order valence-corrected chi connectivity index (χ2v) is 18.1. The van der Waals surface area contributed by atoms with Gasteiger partial charge in [0.1, 0.15) is 17.2 Å². The maximum atomic E-state index is 10.6. The van der Waals surface area contributed by atoms with Gasteiger partial charge in [0.05, 0.1) is 24.3 Å². The van der Waals surface area contributed by atoms with Crippen LogP contribution in [-0.2, 0) is 0 Å². The highest BCUT2D eigenvalue weighted by Gasteiger charge is 2.28. The molecular weight excluding hydrogens is 1230 g/mol. The molecule has 4 nitrogen and oxygen atoms in total. The molecule has 4 N–H and O–H groups in total. The van der Waals surface area contributed by atoms with Crippen molar-refractivity contribution in [2.45, 2.75) is 35.7 Å². The predicted molar refractivity (Wildman–Crippen MR) is 228 cm³/mol. The van der Waals surface area contributed by atoms with Gasteiger partial charge in [0.15, 0.2) is 0 Å². The molecule has 0 fully saturated rings. The minimum atomic E-state index is -0.530. The number of hydrogen-bond donors (Lipinski definition) is 4. The molecule has 0 radical (unpaired) electrons. The van der Waals surface area contributed by atoms with Gasteiger partial charge in [-0.1, -0.05) is 65.1 Å². The van der Waals surface area contributed by atoms with Gasteiger partial charge in [-0.05, 0) is 202 Å². The Morgan fingerprint density at radius 3 is 1.39 bits per heavy atom. The van der Waals surface area contributed by atoms with Gasteiger partial charge in [0.2, 0.25) is 0 Å². The van der Waals surface area contributed by atoms with Gasteiger partial charge in [-0.2, -0.15) is 0 Å². The molecular formula is C34H26I6O4. The summed E-state index contributed by atoms with van der Waals surface area (Å²) in [5, 5.41) is 42.2. The highest BCUT2D eigenvalue weighted by Crippen LogP contribution is 2.43. The molecule has 0 amide bonds. The monoisotopic (exact) mass is 1260 g/mol. The number of alkyl halides is 1. The van der Waals surface area contributed by atoms with E-state index >= 15 is 0 Å². The lowest BCUT2D eigenvalue weighted by Crippen LogP contribution is -2.23. The third kappa shape index (κ3) is 7.39. The Morgan fingerprint density at radius 2 is 0.955 bits per heavy atom. The summed E-state index contributed by atoms with van der Waals surface area (Å²) in [6.45, 7) is 3.84. The molecule has 4 atom stereocenters. The SMILES string of the molecule is Cc1cc(C(C2=CC(I)C(O)C(I)=C2)c2ccc(C(c3cc(C)c(O)c(I)c3)c3cc(I)c(O)c(I)c3)cc2)cc(I)c1O. The third-order valence-corrected chi connectivity index (χ3v) is 13.0. The normalized spacial score (nSPS) is 18.0. The van der Waals surface area contributed by atoms with Crippen LogP contribution < -0.4 is 0 Å². The summed E-state index contributed by atoms with van der Waals surface area (Å²) in [5.74, 6) is 0.648. The molecule has 228 valence electrons. The first-order valence-corrected chi connectivity index (χ1v) is 20.1. The Balaban J connectivity index is 1.68. The van der Waals surface area contributed by atoms with Gasteiger partial charge < -0.3 is 20.4 Å². The van der Waals surface area contributed by atoms with E-state index in [1.54, 1.807) is 0 Å². The van der Waals surface area contributed by atoms with Crippen LogP contribution in [-0.4, -0.2) is 30.5 Å². The van der Waals surface area contributed by atoms with Crippen molar-refractivity contribution in [3.63, 3.8) is 0 Å². The molecule has 4 unspecified atom stereocenters. The maximum absolute atomic E-state index is 10.6. The van der Waals surface area contributed by atoms with E-state index in [4.69, 9.17) is 0 Å². The lowest BCUT2D eigenvalue weighted by atomic mass is 9.80. The number of benzene rings is 4. The van der Waals surface area contributed by atoms with E-state index in [9.17, 15) is 20.4 Å². The molecule has 0 bridgehead atoms. The lowest BCUT2D eigenvalue weighted by Gasteiger charge is -2.28. The summed E-state index contributed by atoms with van der Waals surface area (Å²) >= 11 is 13.3. The Kier molecular flexibility index (Phi) is 11.8. The molecule has 5 rings (SSSR count). The zero-order valence-electron chi connectivity index (χ0n) is 23.3. The molecule has 10 heteroatoms. The number of phenols is 3. The second kappa shape index (κ2) is 14.7. The summed E-state index contributed by atoms with van der Waals surface area (Å²) in [6, 6.07) is 20.9. The number of aliphatic hydroxyl groups is 1. The fourth-order valence-electron chi connectivity index (χ4n) is 5.55. The Hall–Kier alpha value is 0.1000. The molecule has 4 aromatic rings. The van der Waals surface area contributed by atoms with Gasteiger partial charge in [0.25, 0.3) is 0 Å². The van der Waals surface area contributed by atoms with Crippen LogP contribution in [0.3, 0.4) is 0 Å². The summed E-state index contributed by atoms with van der Waals surface area (Å²) in [7, 11) is 0. The van der Waals surface area contributed by atoms with Crippen LogP contribution in [0.5, 0.6) is 17.2 Å². The Morgan fingerprint density at radius 1 is 0.568 bits per heavy atom. The summed E-state index contributed by atoms with van der Waals surface area (Å²) in [5.41, 5.74) is 8.13. The first-order valence-electron chi connectivity index (χ1n) is 13.4. The van der Waals surface area contributed by atoms with Crippen molar-refractivity contribution < 1.29 is 20.4 Å². The molecule has 0 aliphatic heterocycles. The molecule has 44 heavy (non-hydrogen) atoms. The van der Waals surface area contributed by atoms with E-state index in [-0.39, 0.29) is 21.5 Å². The standard InChI is InChI=1S/C34H26I6O4/c1-15-7-19(9-23(35)31(15)41)29(21-11-25(37)33(43)26(38)12-21)17-3-5-18(6-4-17)30(20-8-16(2)32(42)24(36)10-20)22-13-27(39)34(44)28(40)14-22/h3-14,25,29-30,33,41-44H,1-2H3. The van der Waals surface area contributed by atoms with Crippen molar-refractivity contribution in [1.29, 1.82) is 0 Å². The lowest BCUT2D eigenvalue weighted by molar-refractivity contribution is 0.232. The van der Waals surface area contributed by atoms with Crippen LogP contribution in [0.2, 0.25) is 0 Å². The summed E-state index contributed by atoms with van der Waals surface area (Å²) in [6.07, 6.45) is 3.70. The minimum absolute atomic E-state index is 0.0532. The van der Waals surface area contributed by atoms with Gasteiger partial charge >= 0.3 is 0 Å². The number of phenolic OH excluding ortho intramolecular Hbond substituents is 3. The van der Waals surface area contributed by atoms with Crippen molar-refractivity contribution in [3.05, 3.63) is 135 Å². The van der Waals surface area contributed by atoms with E-state index < -0.39 is 6.10 Å². The molecule has 0 saturated carbocycles. The third-order valence-electron chi connectivity index (χ3n) is 7.77. The van der Waals surface area contributed by atoms with E-state index in [2.05, 4.69) is 178 Å². The fraction of sp³-hybridized carbons (Fsp3) is 0.176. The van der Waals surface area contributed by atoms with Gasteiger partial charge in [-0.25, -0.2) is 0 Å². The highest BCUT2D eigenvalue weighted by atomic mass is 127. The smallest absolute Gasteiger partial charge is 0.142 e. The number of aryl methyl sites for hydroxylation is 2. The Bertz CT molecular complexity index is 1690. The van der Waals surface area contributed by atoms with Gasteiger partial charge in [-0.15, -0.1) is 0 Å². The van der Waals surface area contributed by atoms with Crippen LogP contribution in [0, 0.1) is 28.1 Å². The van der Waals surface area contributed by atoms with Crippen LogP contribution in [0.25, 0.3) is 0 Å². The van der Waals surface area contributed by atoms with Crippen molar-refractivity contribution in [1.82, 2.24) is 0 Å². The fourth-order valence-corrected chi connectivity index (χ4v) is 11.2. The molecule has 1 aliphatic rings. The van der Waals surface area contributed by atoms with E-state index in [1.807, 2.05) is 44.2 Å². The minimum Gasteiger partial charge on any atom is -0.507 e. The molecule has 0 heterocycles. The molecule has 0 spiro atoms. The Labute approximate surface area is 339 Å². The zero-order valence-corrected chi connectivity index (χ0v) is 36.2. The van der Waals surface area contributed by atoms with E-state index in [0.717, 1.165) is 62.4 Å². The topological polar surface area (TPSA) is 80.9 Å². The first-order chi connectivity index (χ1) is 20.8. The number of aliphatic hydroxyl groups excluding tert-OH is 1. The molecule has 4 aromatic carbocycles. The average molecular weight is 1260 g/mol. The second-order valence-electron chi connectivity index (χ2n) is 10.8. The first kappa shape index (κ1) is 35.4. The molecule has 1 aliphatic carbocycles. The summed E-state index contributed by atoms with van der Waals surface area (Å²) in [4.78, 5) is 0. The van der Waals surface area contributed by atoms with Crippen LogP contribution >= 0.6 is 136 Å². The van der Waals surface area contributed by atoms with E-state index in [1.165, 1.54) is 0 Å². The van der Waals surface area contributed by atoms with Gasteiger partial charge in [-0.3, -0.25) is 0 Å². The number of halogens is 6. The number of hydrogen-bond acceptors (Lipinski definition) is 4. The van der Waals surface area contributed by atoms with Crippen LogP contribution in [0.15, 0.2) is 82.0 Å². The quantitative estimate of drug-likeness (QED) is 0.0881.